The average molecular weight is 354 g/mol. The number of carbonyl (C=O) groups is 1. The van der Waals surface area contributed by atoms with Crippen molar-refractivity contribution in [2.45, 2.75) is 25.9 Å². The summed E-state index contributed by atoms with van der Waals surface area (Å²) in [5, 5.41) is 0.325. The zero-order chi connectivity index (χ0) is 17.3. The van der Waals surface area contributed by atoms with Crippen molar-refractivity contribution in [3.05, 3.63) is 52.4 Å². The second kappa shape index (κ2) is 6.32. The third kappa shape index (κ3) is 3.62. The Kier molecular flexibility index (Phi) is 4.36. The molecule has 1 aliphatic heterocycles. The van der Waals surface area contributed by atoms with Crippen LogP contribution in [0.3, 0.4) is 0 Å². The number of nitrogens with zero attached hydrogens (tertiary/aromatic N) is 3. The topological polar surface area (TPSA) is 55.3 Å². The number of amides is 1. The van der Waals surface area contributed by atoms with Crippen LogP contribution in [0.15, 0.2) is 30.6 Å². The number of fused-ring (bicyclic) bond motifs is 1. The average Bonchev–Trinajstić information content (AvgIpc) is 2.84. The molecule has 1 amide bonds. The van der Waals surface area contributed by atoms with Crippen LogP contribution in [0.1, 0.15) is 28.4 Å². The molecule has 0 bridgehead atoms. The second-order valence-electron chi connectivity index (χ2n) is 5.65. The lowest BCUT2D eigenvalue weighted by molar-refractivity contribution is -0.0242. The summed E-state index contributed by atoms with van der Waals surface area (Å²) in [6, 6.07) is 4.83. The third-order valence-corrected chi connectivity index (χ3v) is 3.84. The molecule has 0 saturated carbocycles. The molecule has 0 saturated heterocycles. The summed E-state index contributed by atoms with van der Waals surface area (Å²) in [6.45, 7) is 0.755. The summed E-state index contributed by atoms with van der Waals surface area (Å²) in [6.07, 6.45) is 3.00. The molecule has 24 heavy (non-hydrogen) atoms. The van der Waals surface area contributed by atoms with E-state index in [2.05, 4.69) is 9.97 Å². The van der Waals surface area contributed by atoms with Crippen LogP contribution < -0.4 is 4.74 Å². The van der Waals surface area contributed by atoms with Gasteiger partial charge in [-0.25, -0.2) is 18.7 Å². The summed E-state index contributed by atoms with van der Waals surface area (Å²) in [7, 11) is 0. The van der Waals surface area contributed by atoms with E-state index in [0.717, 1.165) is 12.5 Å². The van der Waals surface area contributed by atoms with Crippen molar-refractivity contribution in [3.8, 4) is 5.88 Å². The Morgan fingerprint density at radius 1 is 1.33 bits per heavy atom. The molecule has 3 rings (SSSR count). The van der Waals surface area contributed by atoms with Gasteiger partial charge in [0.25, 0.3) is 11.8 Å². The van der Waals surface area contributed by atoms with Gasteiger partial charge >= 0.3 is 0 Å². The molecule has 1 aliphatic rings. The van der Waals surface area contributed by atoms with E-state index in [1.54, 1.807) is 17.0 Å². The number of pyridine rings is 2. The Bertz CT molecular complexity index is 763. The molecule has 3 heterocycles. The molecular weight excluding hydrogens is 340 g/mol. The highest BCUT2D eigenvalue weighted by molar-refractivity contribution is 6.30. The van der Waals surface area contributed by atoms with Crippen molar-refractivity contribution in [2.75, 3.05) is 6.61 Å². The van der Waals surface area contributed by atoms with Gasteiger partial charge in [0.05, 0.1) is 6.54 Å². The van der Waals surface area contributed by atoms with Crippen molar-refractivity contribution in [3.63, 3.8) is 0 Å². The van der Waals surface area contributed by atoms with E-state index in [9.17, 15) is 13.6 Å². The maximum atomic E-state index is 12.8. The van der Waals surface area contributed by atoms with Gasteiger partial charge < -0.3 is 9.64 Å². The lowest BCUT2D eigenvalue weighted by atomic mass is 10.2. The zero-order valence-corrected chi connectivity index (χ0v) is 13.6. The standard InChI is InChI=1S/C16H14ClF2N3O2/c1-16(18,19)9-24-13-3-2-10(6-21-13)7-22-8-12-11(15(22)23)4-5-20-14(12)17/h2-6H,7-9H2,1H3. The number of halogens is 3. The number of carbonyl (C=O) groups excluding carboxylic acids is 1. The molecule has 0 atom stereocenters. The Hall–Kier alpha value is -2.28. The fraction of sp³-hybridized carbons (Fsp3) is 0.312. The van der Waals surface area contributed by atoms with Gasteiger partial charge in [-0.3, -0.25) is 4.79 Å². The molecule has 2 aromatic heterocycles. The first-order chi connectivity index (χ1) is 11.3. The first-order valence-electron chi connectivity index (χ1n) is 7.22. The smallest absolute Gasteiger partial charge is 0.278 e. The summed E-state index contributed by atoms with van der Waals surface area (Å²) < 4.78 is 30.4. The minimum atomic E-state index is -2.92. The maximum absolute atomic E-state index is 12.8. The fourth-order valence-corrected chi connectivity index (χ4v) is 2.61. The van der Waals surface area contributed by atoms with Gasteiger partial charge in [0.1, 0.15) is 5.15 Å². The number of hydrogen-bond donors (Lipinski definition) is 0. The monoisotopic (exact) mass is 353 g/mol. The molecule has 126 valence electrons. The zero-order valence-electron chi connectivity index (χ0n) is 12.8. The van der Waals surface area contributed by atoms with E-state index in [0.29, 0.717) is 29.4 Å². The number of ether oxygens (including phenoxy) is 1. The molecule has 0 unspecified atom stereocenters. The third-order valence-electron chi connectivity index (χ3n) is 3.51. The predicted molar refractivity (Wildman–Crippen MR) is 83.2 cm³/mol. The van der Waals surface area contributed by atoms with Gasteiger partial charge in [0.15, 0.2) is 6.61 Å². The van der Waals surface area contributed by atoms with Gasteiger partial charge in [-0.2, -0.15) is 0 Å². The Morgan fingerprint density at radius 2 is 2.12 bits per heavy atom. The molecular formula is C16H14ClF2N3O2. The van der Waals surface area contributed by atoms with Crippen molar-refractivity contribution in [1.82, 2.24) is 14.9 Å². The minimum absolute atomic E-state index is 0.114. The van der Waals surface area contributed by atoms with Crippen molar-refractivity contribution in [1.29, 1.82) is 0 Å². The SMILES string of the molecule is CC(F)(F)COc1ccc(CN2Cc3c(ccnc3Cl)C2=O)cn1. The predicted octanol–water partition coefficient (Wildman–Crippen LogP) is 3.32. The molecule has 0 N–H and O–H groups in total. The second-order valence-corrected chi connectivity index (χ2v) is 6.01. The summed E-state index contributed by atoms with van der Waals surface area (Å²) in [5.41, 5.74) is 2.02. The fourth-order valence-electron chi connectivity index (χ4n) is 2.39. The highest BCUT2D eigenvalue weighted by atomic mass is 35.5. The summed E-state index contributed by atoms with van der Waals surface area (Å²) in [5.74, 6) is -2.93. The van der Waals surface area contributed by atoms with Gasteiger partial charge in [-0.05, 0) is 11.6 Å². The van der Waals surface area contributed by atoms with Gasteiger partial charge in [-0.15, -0.1) is 0 Å². The van der Waals surface area contributed by atoms with E-state index < -0.39 is 12.5 Å². The Balaban J connectivity index is 1.65. The quantitative estimate of drug-likeness (QED) is 0.774. The van der Waals surface area contributed by atoms with Crippen LogP contribution in [-0.2, 0) is 13.1 Å². The van der Waals surface area contributed by atoms with Gasteiger partial charge in [0.2, 0.25) is 5.88 Å². The largest absolute Gasteiger partial charge is 0.471 e. The normalized spacial score (nSPS) is 14.0. The lowest BCUT2D eigenvalue weighted by Gasteiger charge is -2.16. The molecule has 2 aromatic rings. The number of alkyl halides is 2. The van der Waals surface area contributed by atoms with E-state index in [1.807, 2.05) is 0 Å². The van der Waals surface area contributed by atoms with Crippen LogP contribution in [0.5, 0.6) is 5.88 Å². The molecule has 8 heteroatoms. The Labute approximate surface area is 142 Å². The van der Waals surface area contributed by atoms with Crippen LogP contribution in [-0.4, -0.2) is 33.3 Å². The number of aromatic nitrogens is 2. The van der Waals surface area contributed by atoms with Crippen molar-refractivity contribution in [2.24, 2.45) is 0 Å². The molecule has 0 spiro atoms. The Morgan fingerprint density at radius 3 is 2.75 bits per heavy atom. The van der Waals surface area contributed by atoms with Crippen LogP contribution in [0, 0.1) is 0 Å². The molecule has 0 aliphatic carbocycles. The van der Waals surface area contributed by atoms with E-state index in [4.69, 9.17) is 16.3 Å². The number of rotatable bonds is 5. The first kappa shape index (κ1) is 16.6. The van der Waals surface area contributed by atoms with Gasteiger partial charge in [0, 0.05) is 43.1 Å². The van der Waals surface area contributed by atoms with Crippen molar-refractivity contribution >= 4 is 17.5 Å². The van der Waals surface area contributed by atoms with E-state index >= 15 is 0 Å². The summed E-state index contributed by atoms with van der Waals surface area (Å²) in [4.78, 5) is 21.9. The molecule has 0 fully saturated rings. The number of hydrogen-bond acceptors (Lipinski definition) is 4. The molecule has 5 nitrogen and oxygen atoms in total. The van der Waals surface area contributed by atoms with Crippen LogP contribution >= 0.6 is 11.6 Å². The van der Waals surface area contributed by atoms with Crippen LogP contribution in [0.25, 0.3) is 0 Å². The van der Waals surface area contributed by atoms with Crippen LogP contribution in [0.4, 0.5) is 8.78 Å². The van der Waals surface area contributed by atoms with Crippen molar-refractivity contribution < 1.29 is 18.3 Å². The van der Waals surface area contributed by atoms with E-state index in [-0.39, 0.29) is 11.8 Å². The highest BCUT2D eigenvalue weighted by Crippen LogP contribution is 2.28. The molecule has 0 aromatic carbocycles. The molecule has 0 radical (unpaired) electrons. The first-order valence-corrected chi connectivity index (χ1v) is 7.59. The summed E-state index contributed by atoms with van der Waals surface area (Å²) >= 11 is 6.02. The lowest BCUT2D eigenvalue weighted by Crippen LogP contribution is -2.23. The maximum Gasteiger partial charge on any atom is 0.278 e. The van der Waals surface area contributed by atoms with Gasteiger partial charge in [-0.1, -0.05) is 17.7 Å². The minimum Gasteiger partial charge on any atom is -0.471 e. The van der Waals surface area contributed by atoms with E-state index in [1.165, 1.54) is 18.5 Å². The van der Waals surface area contributed by atoms with Crippen LogP contribution in [0.2, 0.25) is 5.15 Å². The highest BCUT2D eigenvalue weighted by Gasteiger charge is 2.29.